The van der Waals surface area contributed by atoms with Crippen LogP contribution in [0.2, 0.25) is 0 Å². The molecule has 158 valence electrons. The molecule has 3 aromatic rings. The topological polar surface area (TPSA) is 84.4 Å². The van der Waals surface area contributed by atoms with Crippen LogP contribution in [0.25, 0.3) is 0 Å². The normalized spacial score (nSPS) is 16.7. The number of carbonyl (C=O) groups is 2. The van der Waals surface area contributed by atoms with E-state index < -0.39 is 31.6 Å². The van der Waals surface area contributed by atoms with E-state index in [1.807, 2.05) is 5.32 Å². The molecule has 31 heavy (non-hydrogen) atoms. The molecule has 0 atom stereocenters. The van der Waals surface area contributed by atoms with E-state index in [0.717, 1.165) is 0 Å². The summed E-state index contributed by atoms with van der Waals surface area (Å²) in [7, 11) is -2.75. The molecule has 8 heteroatoms. The van der Waals surface area contributed by atoms with Crippen molar-refractivity contribution in [2.45, 2.75) is 12.8 Å². The first kappa shape index (κ1) is 14.2. The van der Waals surface area contributed by atoms with Crippen molar-refractivity contribution in [2.75, 3.05) is 25.5 Å². The summed E-state index contributed by atoms with van der Waals surface area (Å²) in [6.07, 6.45) is 3.13. The maximum Gasteiger partial charge on any atom is 0.269 e. The number of methoxy groups -OCH3 is 1. The average molecular weight is 426 g/mol. The number of hydrogen-bond acceptors (Lipinski definition) is 5. The van der Waals surface area contributed by atoms with Gasteiger partial charge in [0, 0.05) is 42.0 Å². The highest BCUT2D eigenvalue weighted by molar-refractivity contribution is 6.08. The van der Waals surface area contributed by atoms with Gasteiger partial charge in [0.05, 0.1) is 11.2 Å². The lowest BCUT2D eigenvalue weighted by molar-refractivity contribution is 0.0955. The van der Waals surface area contributed by atoms with Gasteiger partial charge in [0.1, 0.15) is 11.4 Å². The Bertz CT molecular complexity index is 1350. The van der Waals surface area contributed by atoms with Crippen LogP contribution in [0, 0.1) is 5.82 Å². The molecular formula is C23H21FN4O3. The number of halogens is 1. The first-order valence-electron chi connectivity index (χ1n) is 12.4. The number of benzene rings is 1. The molecular weight excluding hydrogens is 399 g/mol. The maximum absolute atomic E-state index is 14.3. The fraction of sp³-hybridized carbons (Fsp3) is 0.217. The van der Waals surface area contributed by atoms with E-state index in [1.165, 1.54) is 53.7 Å². The molecule has 0 radical (unpaired) electrons. The van der Waals surface area contributed by atoms with Crippen molar-refractivity contribution in [3.05, 3.63) is 82.6 Å². The number of hydrogen-bond donors (Lipinski definition) is 1. The number of pyridine rings is 2. The molecule has 7 nitrogen and oxygen atoms in total. The van der Waals surface area contributed by atoms with Gasteiger partial charge in [-0.15, -0.1) is 0 Å². The van der Waals surface area contributed by atoms with Crippen LogP contribution in [-0.2, 0) is 12.8 Å². The second-order valence-electron chi connectivity index (χ2n) is 6.92. The van der Waals surface area contributed by atoms with E-state index in [0.29, 0.717) is 23.1 Å². The molecule has 0 spiro atoms. The summed E-state index contributed by atoms with van der Waals surface area (Å²) >= 11 is 0. The van der Waals surface area contributed by atoms with Crippen molar-refractivity contribution in [3.8, 4) is 5.75 Å². The number of ether oxygens (including phenoxy) is 1. The SMILES string of the molecule is [2H]C([2H])([2H])NC(=O)c1ccc(Cc2cc3c(cc2OC([2H])([2H])[2H])CCN(c2ncccc2F)C3=O)cn1. The molecule has 1 aliphatic rings. The van der Waals surface area contributed by atoms with Crippen molar-refractivity contribution in [1.29, 1.82) is 0 Å². The van der Waals surface area contributed by atoms with Gasteiger partial charge >= 0.3 is 0 Å². The van der Waals surface area contributed by atoms with Gasteiger partial charge in [-0.05, 0) is 53.4 Å². The predicted octanol–water partition coefficient (Wildman–Crippen LogP) is 2.78. The molecule has 2 aromatic heterocycles. The standard InChI is InChI=1S/C23H21FN4O3/c1-25-22(29)19-6-5-14(13-27-19)10-16-11-17-15(12-20(16)31-2)7-9-28(23(17)30)21-18(24)4-3-8-26-21/h3-6,8,11-13H,7,9-10H2,1-2H3,(H,25,29)/i1D3,2D3. The van der Waals surface area contributed by atoms with Gasteiger partial charge in [0.2, 0.25) is 0 Å². The molecule has 0 fully saturated rings. The zero-order valence-corrected chi connectivity index (χ0v) is 16.2. The van der Waals surface area contributed by atoms with Crippen LogP contribution in [0.3, 0.4) is 0 Å². The van der Waals surface area contributed by atoms with E-state index in [-0.39, 0.29) is 35.8 Å². The summed E-state index contributed by atoms with van der Waals surface area (Å²) in [5.74, 6) is -2.06. The van der Waals surface area contributed by atoms with E-state index in [2.05, 4.69) is 9.97 Å². The monoisotopic (exact) mass is 426 g/mol. The Balaban J connectivity index is 1.66. The Morgan fingerprint density at radius 1 is 1.32 bits per heavy atom. The molecule has 0 saturated heterocycles. The molecule has 1 aromatic carbocycles. The van der Waals surface area contributed by atoms with Gasteiger partial charge in [-0.2, -0.15) is 0 Å². The van der Waals surface area contributed by atoms with Crippen LogP contribution in [0.5, 0.6) is 5.75 Å². The molecule has 1 aliphatic heterocycles. The summed E-state index contributed by atoms with van der Waals surface area (Å²) in [5.41, 5.74) is 1.58. The number of rotatable bonds is 5. The average Bonchev–Trinajstić information content (AvgIpc) is 2.79. The van der Waals surface area contributed by atoms with Crippen LogP contribution in [-0.4, -0.2) is 42.3 Å². The summed E-state index contributed by atoms with van der Waals surface area (Å²) in [4.78, 5) is 34.5. The lowest BCUT2D eigenvalue weighted by atomic mass is 9.93. The molecule has 0 unspecified atom stereocenters. The zero-order chi connectivity index (χ0) is 27.0. The van der Waals surface area contributed by atoms with Gasteiger partial charge in [0.25, 0.3) is 11.8 Å². The number of aromatic nitrogens is 2. The van der Waals surface area contributed by atoms with Crippen molar-refractivity contribution in [1.82, 2.24) is 15.3 Å². The zero-order valence-electron chi connectivity index (χ0n) is 22.2. The minimum absolute atomic E-state index is 0.0493. The number of anilines is 1. The Labute approximate surface area is 187 Å². The molecule has 0 saturated carbocycles. The van der Waals surface area contributed by atoms with Gasteiger partial charge in [-0.3, -0.25) is 19.5 Å². The van der Waals surface area contributed by atoms with Crippen molar-refractivity contribution >= 4 is 17.6 Å². The predicted molar refractivity (Wildman–Crippen MR) is 113 cm³/mol. The Morgan fingerprint density at radius 2 is 2.23 bits per heavy atom. The van der Waals surface area contributed by atoms with Crippen LogP contribution < -0.4 is 15.0 Å². The summed E-state index contributed by atoms with van der Waals surface area (Å²) < 4.78 is 63.5. The third-order valence-electron chi connectivity index (χ3n) is 5.04. The maximum atomic E-state index is 14.3. The van der Waals surface area contributed by atoms with Crippen molar-refractivity contribution in [2.24, 2.45) is 0 Å². The van der Waals surface area contributed by atoms with Gasteiger partial charge in [-0.1, -0.05) is 6.07 Å². The van der Waals surface area contributed by atoms with E-state index >= 15 is 0 Å². The number of nitrogens with zero attached hydrogens (tertiary/aromatic N) is 3. The summed E-state index contributed by atoms with van der Waals surface area (Å²) in [6, 6.07) is 8.48. The minimum atomic E-state index is -2.75. The molecule has 0 aliphatic carbocycles. The molecule has 0 bridgehead atoms. The first-order chi connectivity index (χ1) is 17.3. The van der Waals surface area contributed by atoms with E-state index in [9.17, 15) is 14.0 Å². The summed E-state index contributed by atoms with van der Waals surface area (Å²) in [6.45, 7) is -2.52. The molecule has 1 N–H and O–H groups in total. The third kappa shape index (κ3) is 3.96. The fourth-order valence-corrected chi connectivity index (χ4v) is 3.51. The third-order valence-corrected chi connectivity index (χ3v) is 5.04. The number of fused-ring (bicyclic) bond motifs is 1. The number of nitrogens with one attached hydrogen (secondary N) is 1. The summed E-state index contributed by atoms with van der Waals surface area (Å²) in [5, 5.41) is 1.84. The van der Waals surface area contributed by atoms with Crippen LogP contribution in [0.1, 0.15) is 45.8 Å². The lowest BCUT2D eigenvalue weighted by Crippen LogP contribution is -2.38. The second kappa shape index (κ2) is 8.51. The van der Waals surface area contributed by atoms with Crippen molar-refractivity contribution in [3.63, 3.8) is 0 Å². The van der Waals surface area contributed by atoms with Crippen molar-refractivity contribution < 1.29 is 26.9 Å². The highest BCUT2D eigenvalue weighted by Gasteiger charge is 2.29. The van der Waals surface area contributed by atoms with E-state index in [4.69, 9.17) is 13.0 Å². The lowest BCUT2D eigenvalue weighted by Gasteiger charge is -2.29. The number of amides is 2. The van der Waals surface area contributed by atoms with E-state index in [1.54, 1.807) is 0 Å². The van der Waals surface area contributed by atoms with Crippen LogP contribution in [0.4, 0.5) is 10.2 Å². The quantitative estimate of drug-likeness (QED) is 0.678. The molecule has 2 amide bonds. The molecule has 4 rings (SSSR count). The smallest absolute Gasteiger partial charge is 0.269 e. The molecule has 3 heterocycles. The highest BCUT2D eigenvalue weighted by atomic mass is 19.1. The van der Waals surface area contributed by atoms with Crippen LogP contribution in [0.15, 0.2) is 48.8 Å². The van der Waals surface area contributed by atoms with Crippen LogP contribution >= 0.6 is 0 Å². The Kier molecular flexibility index (Phi) is 3.91. The fourth-order valence-electron chi connectivity index (χ4n) is 3.51. The second-order valence-corrected chi connectivity index (χ2v) is 6.92. The number of carbonyl (C=O) groups excluding carboxylic acids is 2. The minimum Gasteiger partial charge on any atom is -0.496 e. The van der Waals surface area contributed by atoms with Gasteiger partial charge in [-0.25, -0.2) is 9.37 Å². The Hall–Kier alpha value is -3.81. The first-order valence-corrected chi connectivity index (χ1v) is 9.35. The van der Waals surface area contributed by atoms with Gasteiger partial charge in [0.15, 0.2) is 11.6 Å². The Morgan fingerprint density at radius 3 is 2.97 bits per heavy atom. The van der Waals surface area contributed by atoms with Gasteiger partial charge < -0.3 is 10.1 Å². The largest absolute Gasteiger partial charge is 0.496 e. The highest BCUT2D eigenvalue weighted by Crippen LogP contribution is 2.31.